The first-order chi connectivity index (χ1) is 9.31. The van der Waals surface area contributed by atoms with Gasteiger partial charge in [-0.2, -0.15) is 0 Å². The Kier molecular flexibility index (Phi) is 6.11. The molecule has 1 heterocycles. The molecular weight excluding hydrogens is 240 g/mol. The molecule has 3 N–H and O–H groups in total. The van der Waals surface area contributed by atoms with E-state index >= 15 is 0 Å². The van der Waals surface area contributed by atoms with Crippen LogP contribution in [-0.4, -0.2) is 36.8 Å². The number of rotatable bonds is 4. The Labute approximate surface area is 116 Å². The molecule has 0 spiro atoms. The highest BCUT2D eigenvalue weighted by Gasteiger charge is 2.26. The van der Waals surface area contributed by atoms with E-state index in [-0.39, 0.29) is 18.6 Å². The number of aliphatic hydroxyl groups excluding tert-OH is 1. The molecule has 2 rings (SSSR count). The maximum atomic E-state index is 12.2. The van der Waals surface area contributed by atoms with Crippen molar-refractivity contribution in [1.29, 1.82) is 0 Å². The molecule has 110 valence electrons. The van der Waals surface area contributed by atoms with Crippen LogP contribution in [0.4, 0.5) is 0 Å². The summed E-state index contributed by atoms with van der Waals surface area (Å²) in [5.41, 5.74) is 0. The summed E-state index contributed by atoms with van der Waals surface area (Å²) in [6, 6.07) is -0.00123. The highest BCUT2D eigenvalue weighted by atomic mass is 16.3. The van der Waals surface area contributed by atoms with Gasteiger partial charge in [0.2, 0.25) is 5.91 Å². The van der Waals surface area contributed by atoms with Crippen molar-refractivity contribution in [1.82, 2.24) is 10.6 Å². The van der Waals surface area contributed by atoms with Crippen LogP contribution in [0.2, 0.25) is 0 Å². The van der Waals surface area contributed by atoms with Gasteiger partial charge in [-0.05, 0) is 44.1 Å². The maximum absolute atomic E-state index is 12.2. The van der Waals surface area contributed by atoms with Gasteiger partial charge >= 0.3 is 0 Å². The Morgan fingerprint density at radius 3 is 2.58 bits per heavy atom. The molecule has 2 aliphatic rings. The van der Waals surface area contributed by atoms with Crippen LogP contribution in [0, 0.1) is 11.8 Å². The van der Waals surface area contributed by atoms with Crippen molar-refractivity contribution in [3.05, 3.63) is 0 Å². The predicted octanol–water partition coefficient (Wildman–Crippen LogP) is 1.43. The van der Waals surface area contributed by atoms with Crippen molar-refractivity contribution in [3.63, 3.8) is 0 Å². The molecule has 19 heavy (non-hydrogen) atoms. The molecule has 4 heteroatoms. The second kappa shape index (κ2) is 7.85. The van der Waals surface area contributed by atoms with Crippen molar-refractivity contribution >= 4 is 5.91 Å². The third-order valence-electron chi connectivity index (χ3n) is 4.72. The van der Waals surface area contributed by atoms with Crippen molar-refractivity contribution < 1.29 is 9.90 Å². The number of aliphatic hydroxyl groups is 1. The van der Waals surface area contributed by atoms with Gasteiger partial charge < -0.3 is 15.7 Å². The molecule has 1 aliphatic heterocycles. The second-order valence-electron chi connectivity index (χ2n) is 6.09. The smallest absolute Gasteiger partial charge is 0.237 e. The van der Waals surface area contributed by atoms with Crippen LogP contribution >= 0.6 is 0 Å². The van der Waals surface area contributed by atoms with Gasteiger partial charge in [0.15, 0.2) is 0 Å². The van der Waals surface area contributed by atoms with Gasteiger partial charge in [0.05, 0.1) is 6.04 Å². The lowest BCUT2D eigenvalue weighted by atomic mass is 9.79. The molecular formula is C15H28N2O2. The summed E-state index contributed by atoms with van der Waals surface area (Å²) >= 11 is 0. The molecule has 0 bridgehead atoms. The minimum absolute atomic E-state index is 0.00123. The van der Waals surface area contributed by atoms with Crippen molar-refractivity contribution in [2.45, 2.75) is 57.4 Å². The van der Waals surface area contributed by atoms with Gasteiger partial charge in [-0.1, -0.05) is 25.7 Å². The van der Waals surface area contributed by atoms with Gasteiger partial charge in [-0.25, -0.2) is 0 Å². The third kappa shape index (κ3) is 4.46. The van der Waals surface area contributed by atoms with E-state index < -0.39 is 0 Å². The number of carbonyl (C=O) groups excluding carboxylic acids is 1. The van der Waals surface area contributed by atoms with Crippen LogP contribution in [0.1, 0.15) is 51.4 Å². The Balaban J connectivity index is 1.75. The zero-order valence-corrected chi connectivity index (χ0v) is 11.9. The zero-order valence-electron chi connectivity index (χ0n) is 11.9. The van der Waals surface area contributed by atoms with E-state index in [1.165, 1.54) is 25.7 Å². The number of amides is 1. The minimum Gasteiger partial charge on any atom is -0.396 e. The summed E-state index contributed by atoms with van der Waals surface area (Å²) in [4.78, 5) is 12.2. The molecule has 1 aliphatic carbocycles. The molecule has 3 unspecified atom stereocenters. The van der Waals surface area contributed by atoms with E-state index in [0.29, 0.717) is 11.8 Å². The number of carbonyl (C=O) groups is 1. The third-order valence-corrected chi connectivity index (χ3v) is 4.72. The van der Waals surface area contributed by atoms with Gasteiger partial charge in [-0.15, -0.1) is 0 Å². The van der Waals surface area contributed by atoms with Crippen LogP contribution in [0.15, 0.2) is 0 Å². The van der Waals surface area contributed by atoms with Gasteiger partial charge in [-0.3, -0.25) is 4.79 Å². The van der Waals surface area contributed by atoms with Gasteiger partial charge in [0.1, 0.15) is 0 Å². The highest BCUT2D eigenvalue weighted by molar-refractivity contribution is 5.81. The highest BCUT2D eigenvalue weighted by Crippen LogP contribution is 2.29. The zero-order chi connectivity index (χ0) is 13.5. The summed E-state index contributed by atoms with van der Waals surface area (Å²) in [5.74, 6) is 1.01. The lowest BCUT2D eigenvalue weighted by Crippen LogP contribution is -2.46. The second-order valence-corrected chi connectivity index (χ2v) is 6.09. The Morgan fingerprint density at radius 2 is 1.79 bits per heavy atom. The minimum atomic E-state index is -0.00123. The van der Waals surface area contributed by atoms with E-state index in [4.69, 9.17) is 0 Å². The van der Waals surface area contributed by atoms with Crippen LogP contribution < -0.4 is 10.6 Å². The molecule has 1 saturated heterocycles. The van der Waals surface area contributed by atoms with Crippen LogP contribution in [0.3, 0.4) is 0 Å². The molecule has 0 aromatic rings. The van der Waals surface area contributed by atoms with Gasteiger partial charge in [0.25, 0.3) is 0 Å². The average Bonchev–Trinajstić information content (AvgIpc) is 2.74. The first-order valence-electron chi connectivity index (χ1n) is 7.93. The van der Waals surface area contributed by atoms with Crippen LogP contribution in [0.25, 0.3) is 0 Å². The van der Waals surface area contributed by atoms with E-state index in [1.54, 1.807) is 0 Å². The fourth-order valence-electron chi connectivity index (χ4n) is 3.40. The average molecular weight is 268 g/mol. The van der Waals surface area contributed by atoms with E-state index in [0.717, 1.165) is 38.8 Å². The number of nitrogens with one attached hydrogen (secondary N) is 2. The summed E-state index contributed by atoms with van der Waals surface area (Å²) in [6.07, 6.45) is 9.22. The molecule has 1 amide bonds. The van der Waals surface area contributed by atoms with Crippen LogP contribution in [-0.2, 0) is 4.79 Å². The predicted molar refractivity (Wildman–Crippen MR) is 75.8 cm³/mol. The monoisotopic (exact) mass is 268 g/mol. The standard InChI is InChI=1S/C15H28N2O2/c18-11-13-7-4-3-6-12(13)10-17-15(19)14-8-2-1-5-9-16-14/h12-14,16,18H,1-11H2,(H,17,19). The SMILES string of the molecule is O=C(NCC1CCCCC1CO)C1CCCCCN1. The first kappa shape index (κ1) is 14.8. The van der Waals surface area contributed by atoms with E-state index in [9.17, 15) is 9.90 Å². The summed E-state index contributed by atoms with van der Waals surface area (Å²) < 4.78 is 0. The lowest BCUT2D eigenvalue weighted by Gasteiger charge is -2.30. The Hall–Kier alpha value is -0.610. The maximum Gasteiger partial charge on any atom is 0.237 e. The largest absolute Gasteiger partial charge is 0.396 e. The topological polar surface area (TPSA) is 61.4 Å². The molecule has 2 fully saturated rings. The fourth-order valence-corrected chi connectivity index (χ4v) is 3.40. The Morgan fingerprint density at radius 1 is 1.05 bits per heavy atom. The normalized spacial score (nSPS) is 32.6. The Bertz CT molecular complexity index is 275. The fraction of sp³-hybridized carbons (Fsp3) is 0.933. The molecule has 0 aromatic carbocycles. The summed E-state index contributed by atoms with van der Waals surface area (Å²) in [6.45, 7) is 1.96. The van der Waals surface area contributed by atoms with Crippen molar-refractivity contribution in [2.75, 3.05) is 19.7 Å². The molecule has 0 radical (unpaired) electrons. The molecule has 3 atom stereocenters. The molecule has 4 nitrogen and oxygen atoms in total. The van der Waals surface area contributed by atoms with E-state index in [1.807, 2.05) is 0 Å². The van der Waals surface area contributed by atoms with Gasteiger partial charge in [0, 0.05) is 13.2 Å². The van der Waals surface area contributed by atoms with Crippen molar-refractivity contribution in [2.24, 2.45) is 11.8 Å². The first-order valence-corrected chi connectivity index (χ1v) is 7.93. The van der Waals surface area contributed by atoms with E-state index in [2.05, 4.69) is 10.6 Å². The van der Waals surface area contributed by atoms with Crippen molar-refractivity contribution in [3.8, 4) is 0 Å². The lowest BCUT2D eigenvalue weighted by molar-refractivity contribution is -0.123. The summed E-state index contributed by atoms with van der Waals surface area (Å²) in [5, 5.41) is 15.8. The number of hydrogen-bond donors (Lipinski definition) is 3. The quantitative estimate of drug-likeness (QED) is 0.723. The molecule has 0 aromatic heterocycles. The molecule has 1 saturated carbocycles. The van der Waals surface area contributed by atoms with Crippen LogP contribution in [0.5, 0.6) is 0 Å². The number of hydrogen-bond acceptors (Lipinski definition) is 3. The summed E-state index contributed by atoms with van der Waals surface area (Å²) in [7, 11) is 0.